The zero-order valence-corrected chi connectivity index (χ0v) is 13.5. The molecule has 3 nitrogen and oxygen atoms in total. The quantitative estimate of drug-likeness (QED) is 0.758. The van der Waals surface area contributed by atoms with Crippen LogP contribution in [-0.4, -0.2) is 9.78 Å². The van der Waals surface area contributed by atoms with Gasteiger partial charge in [0.15, 0.2) is 0 Å². The third-order valence-electron chi connectivity index (χ3n) is 3.67. The van der Waals surface area contributed by atoms with Gasteiger partial charge in [0.1, 0.15) is 11.0 Å². The Hall–Kier alpha value is -2.17. The van der Waals surface area contributed by atoms with Gasteiger partial charge in [-0.15, -0.1) is 0 Å². The molecule has 0 aliphatic rings. The molecule has 0 saturated carbocycles. The van der Waals surface area contributed by atoms with Gasteiger partial charge in [0.05, 0.1) is 11.4 Å². The first kappa shape index (κ1) is 15.7. The van der Waals surface area contributed by atoms with Gasteiger partial charge in [-0.2, -0.15) is 5.10 Å². The van der Waals surface area contributed by atoms with E-state index in [0.717, 1.165) is 23.5 Å². The van der Waals surface area contributed by atoms with Gasteiger partial charge in [-0.3, -0.25) is 0 Å². The number of nitrogens with one attached hydrogen (secondary N) is 1. The van der Waals surface area contributed by atoms with Crippen LogP contribution in [0.15, 0.2) is 54.6 Å². The summed E-state index contributed by atoms with van der Waals surface area (Å²) in [7, 11) is 0. The summed E-state index contributed by atoms with van der Waals surface area (Å²) < 4.78 is 14.7. The monoisotopic (exact) mass is 329 g/mol. The molecule has 0 bridgehead atoms. The highest BCUT2D eigenvalue weighted by atomic mass is 35.5. The summed E-state index contributed by atoms with van der Waals surface area (Å²) in [6, 6.07) is 16.3. The number of halogens is 2. The highest BCUT2D eigenvalue weighted by Crippen LogP contribution is 2.23. The Morgan fingerprint density at radius 2 is 1.74 bits per heavy atom. The maximum Gasteiger partial charge on any atom is 0.137 e. The van der Waals surface area contributed by atoms with Crippen LogP contribution < -0.4 is 5.32 Å². The summed E-state index contributed by atoms with van der Waals surface area (Å²) in [6.07, 6.45) is 0. The van der Waals surface area contributed by atoms with Crippen LogP contribution in [0, 0.1) is 12.7 Å². The molecule has 1 N–H and O–H groups in total. The highest BCUT2D eigenvalue weighted by Gasteiger charge is 2.14. The second-order valence-corrected chi connectivity index (χ2v) is 5.69. The van der Waals surface area contributed by atoms with Crippen molar-refractivity contribution in [3.63, 3.8) is 0 Å². The minimum atomic E-state index is -0.279. The average molecular weight is 330 g/mol. The Bertz CT molecular complexity index is 782. The van der Waals surface area contributed by atoms with Crippen LogP contribution >= 0.6 is 11.6 Å². The van der Waals surface area contributed by atoms with Crippen molar-refractivity contribution in [2.24, 2.45) is 0 Å². The van der Waals surface area contributed by atoms with Gasteiger partial charge in [0, 0.05) is 18.7 Å². The van der Waals surface area contributed by atoms with Crippen molar-refractivity contribution in [3.8, 4) is 5.69 Å². The topological polar surface area (TPSA) is 29.9 Å². The molecule has 1 heterocycles. The number of hydrogen-bond donors (Lipinski definition) is 1. The molecule has 0 fully saturated rings. The fourth-order valence-corrected chi connectivity index (χ4v) is 2.75. The van der Waals surface area contributed by atoms with Crippen LogP contribution in [0.2, 0.25) is 5.15 Å². The Labute approximate surface area is 139 Å². The standard InChI is InChI=1S/C18H17ClFN3/c1-13-17(12-21-11-14-5-3-2-4-6-14)18(19)23(22-13)16-9-7-15(20)8-10-16/h2-10,21H,11-12H2,1H3. The maximum atomic E-state index is 13.0. The lowest BCUT2D eigenvalue weighted by Gasteiger charge is -2.06. The van der Waals surface area contributed by atoms with E-state index in [1.807, 2.05) is 25.1 Å². The van der Waals surface area contributed by atoms with Crippen LogP contribution in [0.5, 0.6) is 0 Å². The predicted molar refractivity (Wildman–Crippen MR) is 90.3 cm³/mol. The van der Waals surface area contributed by atoms with E-state index in [0.29, 0.717) is 11.7 Å². The van der Waals surface area contributed by atoms with E-state index in [2.05, 4.69) is 22.5 Å². The maximum absolute atomic E-state index is 13.0. The molecule has 1 aromatic heterocycles. The van der Waals surface area contributed by atoms with Crippen molar-refractivity contribution in [1.29, 1.82) is 0 Å². The second-order valence-electron chi connectivity index (χ2n) is 5.33. The van der Waals surface area contributed by atoms with E-state index in [1.54, 1.807) is 16.8 Å². The summed E-state index contributed by atoms with van der Waals surface area (Å²) in [5, 5.41) is 8.38. The van der Waals surface area contributed by atoms with Crippen LogP contribution in [0.3, 0.4) is 0 Å². The summed E-state index contributed by atoms with van der Waals surface area (Å²) >= 11 is 6.45. The number of hydrogen-bond acceptors (Lipinski definition) is 2. The molecule has 0 amide bonds. The summed E-state index contributed by atoms with van der Waals surface area (Å²) in [5.74, 6) is -0.279. The van der Waals surface area contributed by atoms with E-state index in [9.17, 15) is 4.39 Å². The van der Waals surface area contributed by atoms with Crippen LogP contribution in [0.1, 0.15) is 16.8 Å². The van der Waals surface area contributed by atoms with E-state index in [1.165, 1.54) is 17.7 Å². The average Bonchev–Trinajstić information content (AvgIpc) is 2.85. The molecular formula is C18H17ClFN3. The van der Waals surface area contributed by atoms with Crippen molar-refractivity contribution in [2.45, 2.75) is 20.0 Å². The fourth-order valence-electron chi connectivity index (χ4n) is 2.41. The van der Waals surface area contributed by atoms with Gasteiger partial charge in [0.25, 0.3) is 0 Å². The molecule has 0 radical (unpaired) electrons. The largest absolute Gasteiger partial charge is 0.308 e. The molecule has 2 aromatic carbocycles. The first-order chi connectivity index (χ1) is 11.1. The number of nitrogens with zero attached hydrogens (tertiary/aromatic N) is 2. The first-order valence-electron chi connectivity index (χ1n) is 7.40. The smallest absolute Gasteiger partial charge is 0.137 e. The van der Waals surface area contributed by atoms with E-state index in [-0.39, 0.29) is 5.82 Å². The minimum absolute atomic E-state index is 0.279. The first-order valence-corrected chi connectivity index (χ1v) is 7.77. The van der Waals surface area contributed by atoms with Crippen molar-refractivity contribution >= 4 is 11.6 Å². The molecule has 5 heteroatoms. The predicted octanol–water partition coefficient (Wildman–Crippen LogP) is 4.26. The van der Waals surface area contributed by atoms with Gasteiger partial charge in [0.2, 0.25) is 0 Å². The number of rotatable bonds is 5. The van der Waals surface area contributed by atoms with E-state index < -0.39 is 0 Å². The Balaban J connectivity index is 1.74. The van der Waals surface area contributed by atoms with Gasteiger partial charge < -0.3 is 5.32 Å². The van der Waals surface area contributed by atoms with Crippen LogP contribution in [0.4, 0.5) is 4.39 Å². The number of benzene rings is 2. The van der Waals surface area contributed by atoms with Gasteiger partial charge in [-0.25, -0.2) is 9.07 Å². The molecule has 23 heavy (non-hydrogen) atoms. The normalized spacial score (nSPS) is 10.9. The molecule has 0 saturated heterocycles. The van der Waals surface area contributed by atoms with Crippen molar-refractivity contribution in [2.75, 3.05) is 0 Å². The molecule has 0 aliphatic carbocycles. The molecule has 0 atom stereocenters. The molecule has 3 rings (SSSR count). The third kappa shape index (κ3) is 3.60. The molecule has 0 aliphatic heterocycles. The SMILES string of the molecule is Cc1nn(-c2ccc(F)cc2)c(Cl)c1CNCc1ccccc1. The summed E-state index contributed by atoms with van der Waals surface area (Å²) in [5.41, 5.74) is 3.77. The molecule has 0 unspecified atom stereocenters. The molecule has 3 aromatic rings. The van der Waals surface area contributed by atoms with Crippen molar-refractivity contribution in [1.82, 2.24) is 15.1 Å². The lowest BCUT2D eigenvalue weighted by atomic mass is 10.2. The van der Waals surface area contributed by atoms with Gasteiger partial charge in [-0.05, 0) is 36.8 Å². The second kappa shape index (κ2) is 6.94. The Kier molecular flexibility index (Phi) is 4.74. The molecule has 118 valence electrons. The van der Waals surface area contributed by atoms with Gasteiger partial charge >= 0.3 is 0 Å². The zero-order chi connectivity index (χ0) is 16.2. The fraction of sp³-hybridized carbons (Fsp3) is 0.167. The highest BCUT2D eigenvalue weighted by molar-refractivity contribution is 6.30. The summed E-state index contributed by atoms with van der Waals surface area (Å²) in [4.78, 5) is 0. The van der Waals surface area contributed by atoms with E-state index in [4.69, 9.17) is 11.6 Å². The van der Waals surface area contributed by atoms with Crippen molar-refractivity contribution < 1.29 is 4.39 Å². The van der Waals surface area contributed by atoms with E-state index >= 15 is 0 Å². The zero-order valence-electron chi connectivity index (χ0n) is 12.8. The van der Waals surface area contributed by atoms with Crippen LogP contribution in [0.25, 0.3) is 5.69 Å². The number of aromatic nitrogens is 2. The van der Waals surface area contributed by atoms with Crippen LogP contribution in [-0.2, 0) is 13.1 Å². The van der Waals surface area contributed by atoms with Gasteiger partial charge in [-0.1, -0.05) is 41.9 Å². The lowest BCUT2D eigenvalue weighted by molar-refractivity contribution is 0.627. The molecular weight excluding hydrogens is 313 g/mol. The van der Waals surface area contributed by atoms with Crippen molar-refractivity contribution in [3.05, 3.63) is 82.4 Å². The summed E-state index contributed by atoms with van der Waals surface area (Å²) in [6.45, 7) is 3.31. The number of aryl methyl sites for hydroxylation is 1. The lowest BCUT2D eigenvalue weighted by Crippen LogP contribution is -2.13. The third-order valence-corrected chi connectivity index (χ3v) is 4.05. The Morgan fingerprint density at radius 1 is 1.04 bits per heavy atom. The minimum Gasteiger partial charge on any atom is -0.308 e. The Morgan fingerprint density at radius 3 is 2.43 bits per heavy atom. The molecule has 0 spiro atoms.